The molecule has 2 heterocycles. The minimum absolute atomic E-state index is 0.00979. The first kappa shape index (κ1) is 19.8. The predicted molar refractivity (Wildman–Crippen MR) is 99.9 cm³/mol. The lowest BCUT2D eigenvalue weighted by Gasteiger charge is -2.35. The van der Waals surface area contributed by atoms with Crippen LogP contribution in [0.25, 0.3) is 0 Å². The van der Waals surface area contributed by atoms with Crippen molar-refractivity contribution in [2.45, 2.75) is 43.2 Å². The van der Waals surface area contributed by atoms with Crippen LogP contribution in [-0.2, 0) is 14.8 Å². The van der Waals surface area contributed by atoms with E-state index in [0.717, 1.165) is 19.3 Å². The normalized spacial score (nSPS) is 23.9. The van der Waals surface area contributed by atoms with Gasteiger partial charge in [0.05, 0.1) is 10.5 Å². The number of piperazine rings is 1. The van der Waals surface area contributed by atoms with Crippen molar-refractivity contribution in [3.63, 3.8) is 0 Å². The van der Waals surface area contributed by atoms with Crippen LogP contribution in [0.1, 0.15) is 31.7 Å². The van der Waals surface area contributed by atoms with Crippen molar-refractivity contribution < 1.29 is 13.2 Å². The number of carbonyl (C=O) groups excluding carboxylic acids is 1. The van der Waals surface area contributed by atoms with E-state index in [9.17, 15) is 18.5 Å². The molecule has 2 unspecified atom stereocenters. The van der Waals surface area contributed by atoms with Crippen molar-refractivity contribution >= 4 is 15.9 Å². The molecule has 2 saturated heterocycles. The SMILES string of the molecule is CCCC1CC(C(=O)N2CCN(S(=O)(=O)c3ccccc3C#N)CC2)NN1. The van der Waals surface area contributed by atoms with Crippen molar-refractivity contribution in [1.29, 1.82) is 5.26 Å². The number of carbonyl (C=O) groups is 1. The van der Waals surface area contributed by atoms with Gasteiger partial charge in [-0.05, 0) is 25.0 Å². The molecule has 0 aromatic heterocycles. The number of hydrogen-bond acceptors (Lipinski definition) is 6. The van der Waals surface area contributed by atoms with E-state index < -0.39 is 10.0 Å². The molecule has 3 rings (SSSR count). The van der Waals surface area contributed by atoms with Gasteiger partial charge in [-0.2, -0.15) is 9.57 Å². The summed E-state index contributed by atoms with van der Waals surface area (Å²) in [6, 6.07) is 8.17. The third-order valence-electron chi connectivity index (χ3n) is 5.09. The zero-order chi connectivity index (χ0) is 19.4. The summed E-state index contributed by atoms with van der Waals surface area (Å²) >= 11 is 0. The van der Waals surface area contributed by atoms with Crippen LogP contribution in [0.2, 0.25) is 0 Å². The fraction of sp³-hybridized carbons (Fsp3) is 0.556. The molecule has 2 aliphatic rings. The largest absolute Gasteiger partial charge is 0.339 e. The molecule has 2 atom stereocenters. The molecule has 1 amide bonds. The molecule has 27 heavy (non-hydrogen) atoms. The molecule has 1 aromatic rings. The maximum atomic E-state index is 12.9. The molecule has 0 saturated carbocycles. The first-order valence-corrected chi connectivity index (χ1v) is 10.7. The van der Waals surface area contributed by atoms with Crippen molar-refractivity contribution in [3.8, 4) is 6.07 Å². The Morgan fingerprint density at radius 2 is 1.93 bits per heavy atom. The molecule has 2 N–H and O–H groups in total. The summed E-state index contributed by atoms with van der Waals surface area (Å²) in [4.78, 5) is 14.4. The fourth-order valence-electron chi connectivity index (χ4n) is 3.61. The predicted octanol–water partition coefficient (Wildman–Crippen LogP) is 0.426. The summed E-state index contributed by atoms with van der Waals surface area (Å²) in [7, 11) is -3.74. The van der Waals surface area contributed by atoms with Crippen molar-refractivity contribution in [1.82, 2.24) is 20.1 Å². The number of nitriles is 1. The molecule has 1 aromatic carbocycles. The second kappa shape index (κ2) is 8.35. The molecule has 146 valence electrons. The third-order valence-corrected chi connectivity index (χ3v) is 7.05. The Kier molecular flexibility index (Phi) is 6.11. The highest BCUT2D eigenvalue weighted by Crippen LogP contribution is 2.21. The standard InChI is InChI=1S/C18H25N5O3S/c1-2-5-15-12-16(21-20-15)18(24)22-8-10-23(11-9-22)27(25,26)17-7-4-3-6-14(17)13-19/h3-4,6-7,15-16,20-21H,2,5,8-12H2,1H3. The Hall–Kier alpha value is -1.99. The highest BCUT2D eigenvalue weighted by atomic mass is 32.2. The number of nitrogens with zero attached hydrogens (tertiary/aromatic N) is 3. The van der Waals surface area contributed by atoms with Gasteiger partial charge in [0.25, 0.3) is 0 Å². The van der Waals surface area contributed by atoms with Gasteiger partial charge < -0.3 is 4.90 Å². The Morgan fingerprint density at radius 3 is 2.59 bits per heavy atom. The Bertz CT molecular complexity index is 828. The topological polar surface area (TPSA) is 106 Å². The van der Waals surface area contributed by atoms with Gasteiger partial charge >= 0.3 is 0 Å². The second-order valence-electron chi connectivity index (χ2n) is 6.90. The van der Waals surface area contributed by atoms with Crippen LogP contribution in [0.5, 0.6) is 0 Å². The van der Waals surface area contributed by atoms with E-state index in [4.69, 9.17) is 0 Å². The summed E-state index contributed by atoms with van der Waals surface area (Å²) < 4.78 is 27.1. The zero-order valence-electron chi connectivity index (χ0n) is 15.4. The Balaban J connectivity index is 1.62. The van der Waals surface area contributed by atoms with Gasteiger partial charge in [-0.1, -0.05) is 25.5 Å². The van der Waals surface area contributed by atoms with Crippen LogP contribution in [0.3, 0.4) is 0 Å². The summed E-state index contributed by atoms with van der Waals surface area (Å²) in [5.74, 6) is 0.00979. The van der Waals surface area contributed by atoms with Crippen molar-refractivity contribution in [2.24, 2.45) is 0 Å². The highest BCUT2D eigenvalue weighted by Gasteiger charge is 2.36. The molecule has 0 aliphatic carbocycles. The van der Waals surface area contributed by atoms with E-state index in [1.807, 2.05) is 6.07 Å². The molecule has 0 spiro atoms. The number of benzene rings is 1. The van der Waals surface area contributed by atoms with E-state index in [1.54, 1.807) is 17.0 Å². The van der Waals surface area contributed by atoms with Gasteiger partial charge in [0.15, 0.2) is 0 Å². The number of sulfonamides is 1. The van der Waals surface area contributed by atoms with Gasteiger partial charge in [-0.15, -0.1) is 0 Å². The van der Waals surface area contributed by atoms with Crippen molar-refractivity contribution in [2.75, 3.05) is 26.2 Å². The van der Waals surface area contributed by atoms with Gasteiger partial charge in [0.2, 0.25) is 15.9 Å². The Morgan fingerprint density at radius 1 is 1.22 bits per heavy atom. The number of hydrazine groups is 1. The number of amides is 1. The summed E-state index contributed by atoms with van der Waals surface area (Å²) in [5, 5.41) is 9.18. The molecular weight excluding hydrogens is 366 g/mol. The van der Waals surface area contributed by atoms with E-state index in [-0.39, 0.29) is 35.5 Å². The summed E-state index contributed by atoms with van der Waals surface area (Å²) in [6.45, 7) is 3.27. The second-order valence-corrected chi connectivity index (χ2v) is 8.81. The zero-order valence-corrected chi connectivity index (χ0v) is 16.2. The van der Waals surface area contributed by atoms with Crippen LogP contribution in [-0.4, -0.2) is 61.8 Å². The Labute approximate surface area is 160 Å². The van der Waals surface area contributed by atoms with Crippen LogP contribution in [0, 0.1) is 11.3 Å². The first-order chi connectivity index (χ1) is 13.0. The number of rotatable bonds is 5. The fourth-order valence-corrected chi connectivity index (χ4v) is 5.18. The number of nitrogens with one attached hydrogen (secondary N) is 2. The minimum atomic E-state index is -3.74. The molecule has 8 nitrogen and oxygen atoms in total. The lowest BCUT2D eigenvalue weighted by atomic mass is 10.1. The lowest BCUT2D eigenvalue weighted by Crippen LogP contribution is -2.54. The van der Waals surface area contributed by atoms with Gasteiger partial charge in [-0.25, -0.2) is 13.8 Å². The lowest BCUT2D eigenvalue weighted by molar-refractivity contribution is -0.134. The highest BCUT2D eigenvalue weighted by molar-refractivity contribution is 7.89. The van der Waals surface area contributed by atoms with Gasteiger partial charge in [0.1, 0.15) is 12.1 Å². The van der Waals surface area contributed by atoms with E-state index in [0.29, 0.717) is 19.1 Å². The third kappa shape index (κ3) is 4.14. The summed E-state index contributed by atoms with van der Waals surface area (Å²) in [6.07, 6.45) is 2.82. The van der Waals surface area contributed by atoms with Gasteiger partial charge in [-0.3, -0.25) is 10.2 Å². The maximum Gasteiger partial charge on any atom is 0.244 e. The molecule has 2 fully saturated rings. The van der Waals surface area contributed by atoms with Crippen LogP contribution < -0.4 is 10.9 Å². The molecule has 0 radical (unpaired) electrons. The van der Waals surface area contributed by atoms with Gasteiger partial charge in [0, 0.05) is 32.2 Å². The maximum absolute atomic E-state index is 12.9. The average Bonchev–Trinajstić information content (AvgIpc) is 3.16. The molecular formula is C18H25N5O3S. The average molecular weight is 391 g/mol. The summed E-state index contributed by atoms with van der Waals surface area (Å²) in [5.41, 5.74) is 6.36. The smallest absolute Gasteiger partial charge is 0.244 e. The van der Waals surface area contributed by atoms with Crippen LogP contribution in [0.15, 0.2) is 29.2 Å². The monoisotopic (exact) mass is 391 g/mol. The minimum Gasteiger partial charge on any atom is -0.339 e. The number of hydrogen-bond donors (Lipinski definition) is 2. The molecule has 2 aliphatic heterocycles. The van der Waals surface area contributed by atoms with E-state index in [1.165, 1.54) is 16.4 Å². The van der Waals surface area contributed by atoms with E-state index in [2.05, 4.69) is 17.8 Å². The molecule has 0 bridgehead atoms. The molecule has 9 heteroatoms. The van der Waals surface area contributed by atoms with Crippen LogP contribution in [0.4, 0.5) is 0 Å². The first-order valence-electron chi connectivity index (χ1n) is 9.26. The van der Waals surface area contributed by atoms with E-state index >= 15 is 0 Å². The quantitative estimate of drug-likeness (QED) is 0.754. The van der Waals surface area contributed by atoms with Crippen LogP contribution >= 0.6 is 0 Å². The van der Waals surface area contributed by atoms with Crippen molar-refractivity contribution in [3.05, 3.63) is 29.8 Å².